The minimum Gasteiger partial charge on any atom is -0.457 e. The van der Waals surface area contributed by atoms with Crippen molar-refractivity contribution in [2.75, 3.05) is 0 Å². The monoisotopic (exact) mass is 226 g/mol. The lowest BCUT2D eigenvalue weighted by atomic mass is 10.1. The van der Waals surface area contributed by atoms with E-state index in [0.717, 1.165) is 23.2 Å². The standard InChI is InChI=1S/C15H14O2/c1-11-6-12(2)8-15(7-11)17-14-5-3-4-13(9-14)10-16/h3-10H,1-2H3. The molecule has 0 amide bonds. The van der Waals surface area contributed by atoms with E-state index in [4.69, 9.17) is 4.74 Å². The minimum absolute atomic E-state index is 0.617. The van der Waals surface area contributed by atoms with Crippen LogP contribution in [0.4, 0.5) is 0 Å². The number of rotatable bonds is 3. The van der Waals surface area contributed by atoms with Gasteiger partial charge in [0, 0.05) is 5.56 Å². The highest BCUT2D eigenvalue weighted by atomic mass is 16.5. The van der Waals surface area contributed by atoms with Gasteiger partial charge in [0.1, 0.15) is 17.8 Å². The Morgan fingerprint density at radius 1 is 0.941 bits per heavy atom. The summed E-state index contributed by atoms with van der Waals surface area (Å²) in [5, 5.41) is 0. The summed E-state index contributed by atoms with van der Waals surface area (Å²) < 4.78 is 5.72. The Bertz CT molecular complexity index is 524. The highest BCUT2D eigenvalue weighted by Crippen LogP contribution is 2.24. The summed E-state index contributed by atoms with van der Waals surface area (Å²) in [7, 11) is 0. The molecule has 0 unspecified atom stereocenters. The second-order valence-electron chi connectivity index (χ2n) is 4.12. The third-order valence-corrected chi connectivity index (χ3v) is 2.43. The van der Waals surface area contributed by atoms with E-state index in [1.54, 1.807) is 12.1 Å². The molecule has 0 saturated carbocycles. The SMILES string of the molecule is Cc1cc(C)cc(Oc2cccc(C=O)c2)c1. The van der Waals surface area contributed by atoms with Crippen molar-refractivity contribution in [2.24, 2.45) is 0 Å². The van der Waals surface area contributed by atoms with Crippen molar-refractivity contribution < 1.29 is 9.53 Å². The van der Waals surface area contributed by atoms with Gasteiger partial charge in [-0.3, -0.25) is 4.79 Å². The van der Waals surface area contributed by atoms with Crippen LogP contribution in [0, 0.1) is 13.8 Å². The van der Waals surface area contributed by atoms with Gasteiger partial charge in [0.2, 0.25) is 0 Å². The van der Waals surface area contributed by atoms with Crippen LogP contribution < -0.4 is 4.74 Å². The molecule has 0 saturated heterocycles. The van der Waals surface area contributed by atoms with Crippen LogP contribution >= 0.6 is 0 Å². The second-order valence-corrected chi connectivity index (χ2v) is 4.12. The quantitative estimate of drug-likeness (QED) is 0.742. The molecule has 17 heavy (non-hydrogen) atoms. The van der Waals surface area contributed by atoms with Crippen molar-refractivity contribution in [1.29, 1.82) is 0 Å². The molecule has 2 aromatic rings. The number of aldehydes is 1. The zero-order chi connectivity index (χ0) is 12.3. The Morgan fingerprint density at radius 2 is 1.65 bits per heavy atom. The summed E-state index contributed by atoms with van der Waals surface area (Å²) in [6.07, 6.45) is 0.814. The molecule has 0 bridgehead atoms. The highest BCUT2D eigenvalue weighted by Gasteiger charge is 2.00. The fourth-order valence-corrected chi connectivity index (χ4v) is 1.78. The van der Waals surface area contributed by atoms with Crippen LogP contribution in [-0.4, -0.2) is 6.29 Å². The molecular weight excluding hydrogens is 212 g/mol. The zero-order valence-electron chi connectivity index (χ0n) is 9.94. The summed E-state index contributed by atoms with van der Waals surface area (Å²) in [4.78, 5) is 10.7. The van der Waals surface area contributed by atoms with E-state index in [0.29, 0.717) is 11.3 Å². The Hall–Kier alpha value is -2.09. The zero-order valence-corrected chi connectivity index (χ0v) is 9.94. The average molecular weight is 226 g/mol. The van der Waals surface area contributed by atoms with Crippen LogP contribution in [0.5, 0.6) is 11.5 Å². The summed E-state index contributed by atoms with van der Waals surface area (Å²) >= 11 is 0. The van der Waals surface area contributed by atoms with Crippen LogP contribution in [0.2, 0.25) is 0 Å². The molecule has 0 fully saturated rings. The molecule has 0 aliphatic carbocycles. The third kappa shape index (κ3) is 2.94. The molecule has 0 radical (unpaired) electrons. The van der Waals surface area contributed by atoms with Gasteiger partial charge >= 0.3 is 0 Å². The molecule has 0 aliphatic heterocycles. The molecule has 86 valence electrons. The van der Waals surface area contributed by atoms with Gasteiger partial charge in [-0.05, 0) is 49.2 Å². The number of aryl methyl sites for hydroxylation is 2. The maximum absolute atomic E-state index is 10.7. The molecule has 2 rings (SSSR count). The normalized spacial score (nSPS) is 10.0. The van der Waals surface area contributed by atoms with Gasteiger partial charge < -0.3 is 4.74 Å². The van der Waals surface area contributed by atoms with Crippen LogP contribution in [-0.2, 0) is 0 Å². The Labute approximate surface area is 101 Å². The van der Waals surface area contributed by atoms with Crippen molar-refractivity contribution in [3.05, 3.63) is 59.2 Å². The van der Waals surface area contributed by atoms with Crippen molar-refractivity contribution in [3.8, 4) is 11.5 Å². The number of hydrogen-bond acceptors (Lipinski definition) is 2. The van der Waals surface area contributed by atoms with Crippen LogP contribution in [0.1, 0.15) is 21.5 Å². The van der Waals surface area contributed by atoms with Gasteiger partial charge in [-0.25, -0.2) is 0 Å². The van der Waals surface area contributed by atoms with E-state index in [-0.39, 0.29) is 0 Å². The maximum atomic E-state index is 10.7. The van der Waals surface area contributed by atoms with Gasteiger partial charge in [0.05, 0.1) is 0 Å². The van der Waals surface area contributed by atoms with Gasteiger partial charge in [-0.1, -0.05) is 18.2 Å². The lowest BCUT2D eigenvalue weighted by Crippen LogP contribution is -1.88. The summed E-state index contributed by atoms with van der Waals surface area (Å²) in [6.45, 7) is 4.06. The minimum atomic E-state index is 0.617. The number of carbonyl (C=O) groups excluding carboxylic acids is 1. The van der Waals surface area contributed by atoms with E-state index in [1.807, 2.05) is 38.1 Å². The van der Waals surface area contributed by atoms with Crippen LogP contribution in [0.15, 0.2) is 42.5 Å². The summed E-state index contributed by atoms with van der Waals surface area (Å²) in [5.41, 5.74) is 2.94. The third-order valence-electron chi connectivity index (χ3n) is 2.43. The Kier molecular flexibility index (Phi) is 3.24. The first-order valence-electron chi connectivity index (χ1n) is 5.49. The molecule has 0 atom stereocenters. The van der Waals surface area contributed by atoms with Crippen LogP contribution in [0.3, 0.4) is 0 Å². The maximum Gasteiger partial charge on any atom is 0.150 e. The topological polar surface area (TPSA) is 26.3 Å². The largest absolute Gasteiger partial charge is 0.457 e. The van der Waals surface area contributed by atoms with Crippen molar-refractivity contribution in [1.82, 2.24) is 0 Å². The molecule has 2 nitrogen and oxygen atoms in total. The molecule has 2 aromatic carbocycles. The van der Waals surface area contributed by atoms with Crippen molar-refractivity contribution in [3.63, 3.8) is 0 Å². The van der Waals surface area contributed by atoms with Crippen molar-refractivity contribution >= 4 is 6.29 Å². The van der Waals surface area contributed by atoms with Gasteiger partial charge in [-0.15, -0.1) is 0 Å². The number of benzene rings is 2. The summed E-state index contributed by atoms with van der Waals surface area (Å²) in [5.74, 6) is 1.48. The average Bonchev–Trinajstić information content (AvgIpc) is 2.28. The van der Waals surface area contributed by atoms with E-state index in [1.165, 1.54) is 0 Å². The molecular formula is C15H14O2. The smallest absolute Gasteiger partial charge is 0.150 e. The van der Waals surface area contributed by atoms with E-state index >= 15 is 0 Å². The van der Waals surface area contributed by atoms with Gasteiger partial charge in [0.15, 0.2) is 0 Å². The predicted molar refractivity (Wildman–Crippen MR) is 67.8 cm³/mol. The van der Waals surface area contributed by atoms with Crippen molar-refractivity contribution in [2.45, 2.75) is 13.8 Å². The van der Waals surface area contributed by atoms with E-state index < -0.39 is 0 Å². The van der Waals surface area contributed by atoms with E-state index in [9.17, 15) is 4.79 Å². The second kappa shape index (κ2) is 4.83. The molecule has 0 N–H and O–H groups in total. The number of carbonyl (C=O) groups is 1. The molecule has 0 aromatic heterocycles. The number of hydrogen-bond donors (Lipinski definition) is 0. The lowest BCUT2D eigenvalue weighted by Gasteiger charge is -2.08. The Morgan fingerprint density at radius 3 is 2.29 bits per heavy atom. The fourth-order valence-electron chi connectivity index (χ4n) is 1.78. The molecule has 0 spiro atoms. The molecule has 0 aliphatic rings. The lowest BCUT2D eigenvalue weighted by molar-refractivity contribution is 0.112. The number of ether oxygens (including phenoxy) is 1. The Balaban J connectivity index is 2.27. The van der Waals surface area contributed by atoms with Crippen LogP contribution in [0.25, 0.3) is 0 Å². The predicted octanol–water partition coefficient (Wildman–Crippen LogP) is 3.91. The first kappa shape index (κ1) is 11.4. The first-order valence-corrected chi connectivity index (χ1v) is 5.49. The highest BCUT2D eigenvalue weighted by molar-refractivity contribution is 5.75. The van der Waals surface area contributed by atoms with Gasteiger partial charge in [-0.2, -0.15) is 0 Å². The molecule has 0 heterocycles. The fraction of sp³-hybridized carbons (Fsp3) is 0.133. The van der Waals surface area contributed by atoms with E-state index in [2.05, 4.69) is 6.07 Å². The van der Waals surface area contributed by atoms with Gasteiger partial charge in [0.25, 0.3) is 0 Å². The molecule has 2 heteroatoms. The summed E-state index contributed by atoms with van der Waals surface area (Å²) in [6, 6.07) is 13.2. The first-order chi connectivity index (χ1) is 8.17.